The molecule has 0 unspecified atom stereocenters. The number of nitrogens with zero attached hydrogens (tertiary/aromatic N) is 1. The summed E-state index contributed by atoms with van der Waals surface area (Å²) in [6.45, 7) is 2.00. The summed E-state index contributed by atoms with van der Waals surface area (Å²) in [7, 11) is 0. The summed E-state index contributed by atoms with van der Waals surface area (Å²) in [5.41, 5.74) is 3.57. The SMILES string of the molecule is Cc1cccc(Cl)c1-c1ccccc1C#N. The van der Waals surface area contributed by atoms with E-state index in [1.54, 1.807) is 6.07 Å². The van der Waals surface area contributed by atoms with Crippen molar-refractivity contribution in [3.05, 3.63) is 58.6 Å². The molecule has 0 atom stereocenters. The lowest BCUT2D eigenvalue weighted by molar-refractivity contribution is 1.43. The van der Waals surface area contributed by atoms with Crippen LogP contribution in [0, 0.1) is 18.3 Å². The zero-order valence-corrected chi connectivity index (χ0v) is 9.62. The Kier molecular flexibility index (Phi) is 2.94. The van der Waals surface area contributed by atoms with Gasteiger partial charge in [0.15, 0.2) is 0 Å². The van der Waals surface area contributed by atoms with Crippen molar-refractivity contribution in [2.75, 3.05) is 0 Å². The molecule has 0 aliphatic carbocycles. The first kappa shape index (κ1) is 10.7. The van der Waals surface area contributed by atoms with Crippen LogP contribution in [-0.2, 0) is 0 Å². The summed E-state index contributed by atoms with van der Waals surface area (Å²) in [5, 5.41) is 9.75. The molecule has 0 saturated carbocycles. The number of benzene rings is 2. The Morgan fingerprint density at radius 1 is 1.06 bits per heavy atom. The van der Waals surface area contributed by atoms with E-state index in [0.29, 0.717) is 10.6 Å². The normalized spacial score (nSPS) is 9.81. The first-order valence-electron chi connectivity index (χ1n) is 4.98. The number of hydrogen-bond acceptors (Lipinski definition) is 1. The van der Waals surface area contributed by atoms with E-state index in [1.165, 1.54) is 0 Å². The Morgan fingerprint density at radius 2 is 1.81 bits per heavy atom. The smallest absolute Gasteiger partial charge is 0.0998 e. The zero-order chi connectivity index (χ0) is 11.5. The summed E-state index contributed by atoms with van der Waals surface area (Å²) in [6, 6.07) is 15.4. The minimum atomic E-state index is 0.652. The molecule has 0 aliphatic heterocycles. The Labute approximate surface area is 99.9 Å². The van der Waals surface area contributed by atoms with E-state index >= 15 is 0 Å². The van der Waals surface area contributed by atoms with E-state index in [0.717, 1.165) is 16.7 Å². The Hall–Kier alpha value is -1.78. The molecule has 0 aromatic heterocycles. The van der Waals surface area contributed by atoms with Gasteiger partial charge in [0.1, 0.15) is 0 Å². The van der Waals surface area contributed by atoms with Crippen molar-refractivity contribution in [3.8, 4) is 17.2 Å². The maximum atomic E-state index is 9.07. The van der Waals surface area contributed by atoms with Gasteiger partial charge < -0.3 is 0 Å². The Morgan fingerprint density at radius 3 is 2.50 bits per heavy atom. The molecule has 0 bridgehead atoms. The summed E-state index contributed by atoms with van der Waals surface area (Å²) in [6.07, 6.45) is 0. The van der Waals surface area contributed by atoms with Gasteiger partial charge in [-0.15, -0.1) is 0 Å². The number of halogens is 1. The monoisotopic (exact) mass is 227 g/mol. The summed E-state index contributed by atoms with van der Waals surface area (Å²) >= 11 is 6.18. The molecule has 0 fully saturated rings. The lowest BCUT2D eigenvalue weighted by atomic mass is 9.96. The van der Waals surface area contributed by atoms with Crippen LogP contribution in [0.3, 0.4) is 0 Å². The van der Waals surface area contributed by atoms with Crippen molar-refractivity contribution in [3.63, 3.8) is 0 Å². The predicted octanol–water partition coefficient (Wildman–Crippen LogP) is 4.19. The molecule has 0 spiro atoms. The topological polar surface area (TPSA) is 23.8 Å². The van der Waals surface area contributed by atoms with E-state index < -0.39 is 0 Å². The van der Waals surface area contributed by atoms with Crippen molar-refractivity contribution < 1.29 is 0 Å². The average Bonchev–Trinajstić information content (AvgIpc) is 2.29. The first-order valence-corrected chi connectivity index (χ1v) is 5.36. The fourth-order valence-corrected chi connectivity index (χ4v) is 2.10. The van der Waals surface area contributed by atoms with Crippen molar-refractivity contribution in [2.45, 2.75) is 6.92 Å². The Balaban J connectivity index is 2.73. The molecular weight excluding hydrogens is 218 g/mol. The summed E-state index contributed by atoms with van der Waals surface area (Å²) < 4.78 is 0. The third-order valence-corrected chi connectivity index (χ3v) is 2.85. The van der Waals surface area contributed by atoms with Crippen molar-refractivity contribution in [1.29, 1.82) is 5.26 Å². The standard InChI is InChI=1S/C14H10ClN/c1-10-5-4-8-13(15)14(10)12-7-3-2-6-11(12)9-16/h2-8H,1H3. The van der Waals surface area contributed by atoms with Crippen LogP contribution >= 0.6 is 11.6 Å². The van der Waals surface area contributed by atoms with E-state index in [1.807, 2.05) is 43.3 Å². The van der Waals surface area contributed by atoms with Crippen molar-refractivity contribution >= 4 is 11.6 Å². The highest BCUT2D eigenvalue weighted by Gasteiger charge is 2.09. The Bertz CT molecular complexity index is 547. The minimum Gasteiger partial charge on any atom is -0.192 e. The lowest BCUT2D eigenvalue weighted by Gasteiger charge is -2.09. The molecule has 2 aromatic carbocycles. The number of nitriles is 1. The van der Waals surface area contributed by atoms with Crippen LogP contribution in [0.4, 0.5) is 0 Å². The third-order valence-electron chi connectivity index (χ3n) is 2.54. The predicted molar refractivity (Wildman–Crippen MR) is 66.3 cm³/mol. The molecule has 0 amide bonds. The molecular formula is C14H10ClN. The van der Waals surface area contributed by atoms with E-state index in [4.69, 9.17) is 16.9 Å². The molecule has 0 radical (unpaired) electrons. The average molecular weight is 228 g/mol. The second kappa shape index (κ2) is 4.38. The second-order valence-electron chi connectivity index (χ2n) is 3.59. The maximum Gasteiger partial charge on any atom is 0.0998 e. The first-order chi connectivity index (χ1) is 7.74. The lowest BCUT2D eigenvalue weighted by Crippen LogP contribution is -1.88. The highest BCUT2D eigenvalue weighted by atomic mass is 35.5. The maximum absolute atomic E-state index is 9.07. The van der Waals surface area contributed by atoms with Crippen LogP contribution in [0.5, 0.6) is 0 Å². The van der Waals surface area contributed by atoms with Gasteiger partial charge in [-0.3, -0.25) is 0 Å². The van der Waals surface area contributed by atoms with Gasteiger partial charge in [0, 0.05) is 16.1 Å². The van der Waals surface area contributed by atoms with E-state index in [-0.39, 0.29) is 0 Å². The van der Waals surface area contributed by atoms with Gasteiger partial charge in [0.25, 0.3) is 0 Å². The molecule has 2 heteroatoms. The third kappa shape index (κ3) is 1.80. The number of rotatable bonds is 1. The van der Waals surface area contributed by atoms with Crippen LogP contribution in [0.15, 0.2) is 42.5 Å². The minimum absolute atomic E-state index is 0.652. The van der Waals surface area contributed by atoms with Crippen LogP contribution in [0.2, 0.25) is 5.02 Å². The van der Waals surface area contributed by atoms with Gasteiger partial charge in [0.05, 0.1) is 11.6 Å². The molecule has 2 aromatic rings. The molecule has 2 rings (SSSR count). The highest BCUT2D eigenvalue weighted by Crippen LogP contribution is 2.32. The van der Waals surface area contributed by atoms with Gasteiger partial charge in [-0.05, 0) is 24.6 Å². The number of aryl methyl sites for hydroxylation is 1. The van der Waals surface area contributed by atoms with Crippen LogP contribution < -0.4 is 0 Å². The molecule has 78 valence electrons. The number of hydrogen-bond donors (Lipinski definition) is 0. The zero-order valence-electron chi connectivity index (χ0n) is 8.87. The van der Waals surface area contributed by atoms with Crippen molar-refractivity contribution in [1.82, 2.24) is 0 Å². The largest absolute Gasteiger partial charge is 0.192 e. The van der Waals surface area contributed by atoms with Gasteiger partial charge in [-0.1, -0.05) is 41.9 Å². The molecule has 0 saturated heterocycles. The quantitative estimate of drug-likeness (QED) is 0.717. The summed E-state index contributed by atoms with van der Waals surface area (Å²) in [5.74, 6) is 0. The summed E-state index contributed by atoms with van der Waals surface area (Å²) in [4.78, 5) is 0. The fraction of sp³-hybridized carbons (Fsp3) is 0.0714. The molecule has 1 nitrogen and oxygen atoms in total. The van der Waals surface area contributed by atoms with E-state index in [2.05, 4.69) is 6.07 Å². The van der Waals surface area contributed by atoms with Gasteiger partial charge in [-0.2, -0.15) is 5.26 Å². The fourth-order valence-electron chi connectivity index (χ4n) is 1.77. The van der Waals surface area contributed by atoms with E-state index in [9.17, 15) is 0 Å². The van der Waals surface area contributed by atoms with Gasteiger partial charge in [-0.25, -0.2) is 0 Å². The molecule has 16 heavy (non-hydrogen) atoms. The van der Waals surface area contributed by atoms with Gasteiger partial charge >= 0.3 is 0 Å². The van der Waals surface area contributed by atoms with Crippen LogP contribution in [0.1, 0.15) is 11.1 Å². The van der Waals surface area contributed by atoms with Crippen LogP contribution in [0.25, 0.3) is 11.1 Å². The van der Waals surface area contributed by atoms with Crippen molar-refractivity contribution in [2.24, 2.45) is 0 Å². The highest BCUT2D eigenvalue weighted by molar-refractivity contribution is 6.33. The molecule has 0 heterocycles. The second-order valence-corrected chi connectivity index (χ2v) is 4.00. The van der Waals surface area contributed by atoms with Gasteiger partial charge in [0.2, 0.25) is 0 Å². The molecule has 0 N–H and O–H groups in total. The van der Waals surface area contributed by atoms with Crippen LogP contribution in [-0.4, -0.2) is 0 Å². The molecule has 0 aliphatic rings.